The van der Waals surface area contributed by atoms with Crippen LogP contribution in [0.3, 0.4) is 0 Å². The highest BCUT2D eigenvalue weighted by Crippen LogP contribution is 2.62. The zero-order valence-electron chi connectivity index (χ0n) is 18.8. The molecule has 1 saturated heterocycles. The Balaban J connectivity index is 1.39. The fourth-order valence-electron chi connectivity index (χ4n) is 6.50. The number of rotatable bonds is 4. The molecule has 4 aliphatic rings. The summed E-state index contributed by atoms with van der Waals surface area (Å²) in [6.45, 7) is 2.34. The summed E-state index contributed by atoms with van der Waals surface area (Å²) in [5.74, 6) is 0.710. The number of hydrogen-bond acceptors (Lipinski definition) is 6. The lowest BCUT2D eigenvalue weighted by atomic mass is 9.53. The van der Waals surface area contributed by atoms with E-state index >= 15 is 0 Å². The Kier molecular flexibility index (Phi) is 4.63. The number of hydrogen-bond donors (Lipinski definition) is 0. The van der Waals surface area contributed by atoms with Gasteiger partial charge in [-0.05, 0) is 49.7 Å². The fraction of sp³-hybridized carbons (Fsp3) is 0.407. The van der Waals surface area contributed by atoms with Gasteiger partial charge in [0, 0.05) is 29.9 Å². The quantitative estimate of drug-likeness (QED) is 0.409. The highest BCUT2D eigenvalue weighted by molar-refractivity contribution is 5.74. The molecule has 1 unspecified atom stereocenters. The minimum atomic E-state index is -0.495. The van der Waals surface area contributed by atoms with Crippen molar-refractivity contribution in [1.29, 1.82) is 0 Å². The Morgan fingerprint density at radius 3 is 2.76 bits per heavy atom. The zero-order valence-corrected chi connectivity index (χ0v) is 18.8. The molecule has 170 valence electrons. The van der Waals surface area contributed by atoms with Gasteiger partial charge >= 0.3 is 11.9 Å². The van der Waals surface area contributed by atoms with Crippen molar-refractivity contribution in [3.05, 3.63) is 71.3 Å². The van der Waals surface area contributed by atoms with Crippen molar-refractivity contribution in [2.24, 2.45) is 5.92 Å². The summed E-state index contributed by atoms with van der Waals surface area (Å²) in [5.41, 5.74) is 3.02. The van der Waals surface area contributed by atoms with E-state index in [2.05, 4.69) is 24.1 Å². The second kappa shape index (κ2) is 7.45. The molecule has 6 nitrogen and oxygen atoms in total. The summed E-state index contributed by atoms with van der Waals surface area (Å²) in [5, 5.41) is 0. The van der Waals surface area contributed by atoms with E-state index < -0.39 is 6.10 Å². The van der Waals surface area contributed by atoms with Crippen LogP contribution in [0.5, 0.6) is 11.5 Å². The number of carbonyl (C=O) groups is 2. The molecule has 2 bridgehead atoms. The minimum Gasteiger partial charge on any atom is -0.481 e. The molecule has 0 aromatic heterocycles. The summed E-state index contributed by atoms with van der Waals surface area (Å²) < 4.78 is 18.1. The Hall–Kier alpha value is -3.12. The number of benzene rings is 2. The number of nitrogens with zero attached hydrogens (tertiary/aromatic N) is 1. The molecule has 1 fully saturated rings. The van der Waals surface area contributed by atoms with Gasteiger partial charge in [0.15, 0.2) is 17.6 Å². The maximum absolute atomic E-state index is 12.9. The van der Waals surface area contributed by atoms with Gasteiger partial charge in [-0.15, -0.1) is 0 Å². The van der Waals surface area contributed by atoms with Crippen molar-refractivity contribution >= 4 is 11.9 Å². The summed E-state index contributed by atoms with van der Waals surface area (Å²) in [4.78, 5) is 27.0. The third-order valence-electron chi connectivity index (χ3n) is 7.83. The van der Waals surface area contributed by atoms with E-state index in [1.807, 2.05) is 42.5 Å². The van der Waals surface area contributed by atoms with Crippen LogP contribution in [0.4, 0.5) is 0 Å². The molecule has 6 rings (SSSR count). The Bertz CT molecular complexity index is 1160. The first kappa shape index (κ1) is 20.5. The van der Waals surface area contributed by atoms with Gasteiger partial charge in [-0.25, -0.2) is 0 Å². The molecular weight excluding hydrogens is 418 g/mol. The van der Waals surface area contributed by atoms with Crippen molar-refractivity contribution in [2.75, 3.05) is 13.6 Å². The molecule has 0 saturated carbocycles. The normalized spacial score (nSPS) is 30.8. The molecule has 33 heavy (non-hydrogen) atoms. The second-order valence-electron chi connectivity index (χ2n) is 9.63. The predicted octanol–water partition coefficient (Wildman–Crippen LogP) is 3.21. The van der Waals surface area contributed by atoms with E-state index in [1.54, 1.807) is 0 Å². The maximum Gasteiger partial charge on any atom is 0.310 e. The number of carbonyl (C=O) groups excluding carboxylic acids is 2. The van der Waals surface area contributed by atoms with Crippen LogP contribution >= 0.6 is 0 Å². The molecule has 2 aliphatic heterocycles. The Morgan fingerprint density at radius 2 is 1.97 bits per heavy atom. The molecule has 0 radical (unpaired) electrons. The third kappa shape index (κ3) is 3.04. The monoisotopic (exact) mass is 445 g/mol. The fourth-order valence-corrected chi connectivity index (χ4v) is 6.50. The molecule has 1 spiro atoms. The van der Waals surface area contributed by atoms with E-state index in [-0.39, 0.29) is 35.8 Å². The number of ether oxygens (including phenoxy) is 3. The molecule has 6 heteroatoms. The lowest BCUT2D eigenvalue weighted by Gasteiger charge is -2.56. The van der Waals surface area contributed by atoms with Crippen LogP contribution in [0.15, 0.2) is 54.6 Å². The number of piperidine rings is 1. The number of esters is 2. The molecule has 2 heterocycles. The van der Waals surface area contributed by atoms with Gasteiger partial charge < -0.3 is 19.1 Å². The van der Waals surface area contributed by atoms with Crippen molar-refractivity contribution in [3.63, 3.8) is 0 Å². The van der Waals surface area contributed by atoms with Gasteiger partial charge in [0.1, 0.15) is 6.10 Å². The number of likely N-dealkylation sites (tertiary alicyclic amines) is 1. The van der Waals surface area contributed by atoms with Crippen LogP contribution in [-0.4, -0.2) is 48.7 Å². The van der Waals surface area contributed by atoms with E-state index in [1.165, 1.54) is 12.5 Å². The van der Waals surface area contributed by atoms with E-state index in [4.69, 9.17) is 14.2 Å². The van der Waals surface area contributed by atoms with Gasteiger partial charge in [-0.2, -0.15) is 0 Å². The van der Waals surface area contributed by atoms with Crippen LogP contribution in [0.25, 0.3) is 0 Å². The molecule has 0 amide bonds. The van der Waals surface area contributed by atoms with Crippen molar-refractivity contribution in [3.8, 4) is 11.5 Å². The average molecular weight is 446 g/mol. The summed E-state index contributed by atoms with van der Waals surface area (Å²) in [6.07, 6.45) is 5.44. The summed E-state index contributed by atoms with van der Waals surface area (Å²) in [7, 11) is 2.18. The predicted molar refractivity (Wildman–Crippen MR) is 121 cm³/mol. The lowest BCUT2D eigenvalue weighted by Crippen LogP contribution is -2.65. The highest BCUT2D eigenvalue weighted by atomic mass is 16.6. The van der Waals surface area contributed by atoms with Crippen molar-refractivity contribution in [2.45, 2.75) is 49.9 Å². The molecule has 2 aromatic carbocycles. The van der Waals surface area contributed by atoms with Crippen LogP contribution in [0.1, 0.15) is 30.0 Å². The standard InChI is InChI=1S/C27H27NO5/c1-16(29)31-21-10-8-18-15-20-19-9-11-22(32-23(30)14-17-6-4-3-5-7-17)26-27(19,12-13-28(20)2)24(18)25(21)33-26/h3-11,19-20,22,26H,12-15H2,1-2H3/t19-,20+,22-,26?,27-/m0/s1. The summed E-state index contributed by atoms with van der Waals surface area (Å²) >= 11 is 0. The van der Waals surface area contributed by atoms with Gasteiger partial charge in [-0.1, -0.05) is 42.5 Å². The van der Waals surface area contributed by atoms with Gasteiger partial charge in [0.2, 0.25) is 0 Å². The maximum atomic E-state index is 12.9. The highest BCUT2D eigenvalue weighted by Gasteiger charge is 2.65. The first-order valence-corrected chi connectivity index (χ1v) is 11.6. The smallest absolute Gasteiger partial charge is 0.310 e. The van der Waals surface area contributed by atoms with Crippen LogP contribution in [-0.2, 0) is 32.6 Å². The Morgan fingerprint density at radius 1 is 1.15 bits per heavy atom. The van der Waals surface area contributed by atoms with E-state index in [9.17, 15) is 9.59 Å². The van der Waals surface area contributed by atoms with Gasteiger partial charge in [0.25, 0.3) is 0 Å². The minimum absolute atomic E-state index is 0.219. The lowest BCUT2D eigenvalue weighted by molar-refractivity contribution is -0.154. The topological polar surface area (TPSA) is 65.1 Å². The second-order valence-corrected chi connectivity index (χ2v) is 9.63. The third-order valence-corrected chi connectivity index (χ3v) is 7.83. The molecule has 5 atom stereocenters. The largest absolute Gasteiger partial charge is 0.481 e. The van der Waals surface area contributed by atoms with Gasteiger partial charge in [-0.3, -0.25) is 9.59 Å². The van der Waals surface area contributed by atoms with Crippen LogP contribution < -0.4 is 9.47 Å². The first-order chi connectivity index (χ1) is 16.0. The number of likely N-dealkylation sites (N-methyl/N-ethyl adjacent to an activating group) is 1. The SMILES string of the molecule is CC(=O)Oc1ccc2c3c1OC1[C@@H](OC(=O)Cc4ccccc4)C=C[C@H]4[C@@H](C2)N(C)CC[C@]314. The zero-order chi connectivity index (χ0) is 22.7. The van der Waals surface area contributed by atoms with Crippen molar-refractivity contribution in [1.82, 2.24) is 4.90 Å². The average Bonchev–Trinajstić information content (AvgIpc) is 3.14. The van der Waals surface area contributed by atoms with E-state index in [0.29, 0.717) is 17.5 Å². The van der Waals surface area contributed by atoms with Crippen LogP contribution in [0, 0.1) is 5.92 Å². The molecule has 2 aromatic rings. The molecule has 2 aliphatic carbocycles. The van der Waals surface area contributed by atoms with E-state index in [0.717, 1.165) is 30.5 Å². The Labute approximate surface area is 193 Å². The van der Waals surface area contributed by atoms with Crippen molar-refractivity contribution < 1.29 is 23.8 Å². The molecular formula is C27H27NO5. The summed E-state index contributed by atoms with van der Waals surface area (Å²) in [6, 6.07) is 13.9. The molecule has 0 N–H and O–H groups in total. The van der Waals surface area contributed by atoms with Crippen LogP contribution in [0.2, 0.25) is 0 Å². The van der Waals surface area contributed by atoms with Gasteiger partial charge in [0.05, 0.1) is 6.42 Å². The first-order valence-electron chi connectivity index (χ1n) is 11.6.